The first kappa shape index (κ1) is 14.4. The van der Waals surface area contributed by atoms with E-state index in [1.54, 1.807) is 0 Å². The van der Waals surface area contributed by atoms with Gasteiger partial charge >= 0.3 is 0 Å². The predicted octanol–water partition coefficient (Wildman–Crippen LogP) is 2.37. The Morgan fingerprint density at radius 1 is 1.16 bits per heavy atom. The zero-order chi connectivity index (χ0) is 13.5. The van der Waals surface area contributed by atoms with E-state index in [-0.39, 0.29) is 0 Å². The van der Waals surface area contributed by atoms with Gasteiger partial charge in [0.05, 0.1) is 6.61 Å². The Hall–Kier alpha value is -1.06. The van der Waals surface area contributed by atoms with Crippen molar-refractivity contribution in [1.82, 2.24) is 10.2 Å². The summed E-state index contributed by atoms with van der Waals surface area (Å²) in [5.41, 5.74) is 2.57. The average molecular weight is 262 g/mol. The van der Waals surface area contributed by atoms with Gasteiger partial charge in [-0.25, -0.2) is 0 Å². The van der Waals surface area contributed by atoms with Crippen LogP contribution >= 0.6 is 0 Å². The molecule has 1 aromatic carbocycles. The summed E-state index contributed by atoms with van der Waals surface area (Å²) >= 11 is 0. The van der Waals surface area contributed by atoms with E-state index in [1.807, 2.05) is 0 Å². The quantitative estimate of drug-likeness (QED) is 0.797. The molecule has 2 rings (SSSR count). The molecule has 1 N–H and O–H groups in total. The van der Waals surface area contributed by atoms with E-state index in [0.717, 1.165) is 31.9 Å². The minimum absolute atomic E-state index is 0.830. The Kier molecular flexibility index (Phi) is 5.67. The van der Waals surface area contributed by atoms with E-state index in [4.69, 9.17) is 4.74 Å². The van der Waals surface area contributed by atoms with Crippen molar-refractivity contribution >= 4 is 0 Å². The van der Waals surface area contributed by atoms with Crippen molar-refractivity contribution < 1.29 is 4.74 Å². The summed E-state index contributed by atoms with van der Waals surface area (Å²) in [6, 6.07) is 6.27. The second kappa shape index (κ2) is 7.51. The Bertz CT molecular complexity index is 386. The maximum absolute atomic E-state index is 5.88. The summed E-state index contributed by atoms with van der Waals surface area (Å²) in [5, 5.41) is 3.38. The van der Waals surface area contributed by atoms with Crippen molar-refractivity contribution in [3.8, 4) is 5.75 Å². The van der Waals surface area contributed by atoms with Crippen molar-refractivity contribution in [3.05, 3.63) is 29.3 Å². The number of hydrogen-bond donors (Lipinski definition) is 1. The minimum Gasteiger partial charge on any atom is -0.493 e. The molecule has 0 radical (unpaired) electrons. The monoisotopic (exact) mass is 262 g/mol. The first-order valence-corrected chi connectivity index (χ1v) is 7.39. The Balaban J connectivity index is 1.62. The lowest BCUT2D eigenvalue weighted by Crippen LogP contribution is -2.43. The molecule has 0 amide bonds. The van der Waals surface area contributed by atoms with E-state index in [0.29, 0.717) is 0 Å². The van der Waals surface area contributed by atoms with Crippen LogP contribution in [0.3, 0.4) is 0 Å². The second-order valence-corrected chi connectivity index (χ2v) is 5.35. The fraction of sp³-hybridized carbons (Fsp3) is 0.625. The van der Waals surface area contributed by atoms with Crippen LogP contribution in [0.5, 0.6) is 5.75 Å². The molecule has 1 fully saturated rings. The number of unbranched alkanes of at least 4 members (excludes halogenated alkanes) is 1. The zero-order valence-corrected chi connectivity index (χ0v) is 12.2. The molecule has 0 bridgehead atoms. The fourth-order valence-corrected chi connectivity index (χ4v) is 2.43. The molecule has 1 aliphatic rings. The van der Waals surface area contributed by atoms with Crippen molar-refractivity contribution in [1.29, 1.82) is 0 Å². The van der Waals surface area contributed by atoms with Crippen LogP contribution < -0.4 is 10.1 Å². The molecule has 1 heterocycles. The smallest absolute Gasteiger partial charge is 0.122 e. The number of hydrogen-bond acceptors (Lipinski definition) is 3. The van der Waals surface area contributed by atoms with Gasteiger partial charge in [0.1, 0.15) is 5.75 Å². The maximum Gasteiger partial charge on any atom is 0.122 e. The molecular weight excluding hydrogens is 236 g/mol. The lowest BCUT2D eigenvalue weighted by atomic mass is 10.1. The number of piperazine rings is 1. The number of nitrogens with one attached hydrogen (secondary N) is 1. The lowest BCUT2D eigenvalue weighted by molar-refractivity contribution is 0.226. The summed E-state index contributed by atoms with van der Waals surface area (Å²) < 4.78 is 5.88. The highest BCUT2D eigenvalue weighted by molar-refractivity contribution is 5.38. The van der Waals surface area contributed by atoms with E-state index >= 15 is 0 Å². The summed E-state index contributed by atoms with van der Waals surface area (Å²) in [4.78, 5) is 2.54. The minimum atomic E-state index is 0.830. The molecule has 0 aliphatic carbocycles. The fourth-order valence-electron chi connectivity index (χ4n) is 2.43. The first-order chi connectivity index (χ1) is 9.27. The van der Waals surface area contributed by atoms with Gasteiger partial charge in [-0.15, -0.1) is 0 Å². The molecule has 0 spiro atoms. The molecule has 1 aliphatic heterocycles. The Morgan fingerprint density at radius 2 is 1.95 bits per heavy atom. The number of nitrogens with zero attached hydrogens (tertiary/aromatic N) is 1. The molecule has 0 unspecified atom stereocenters. The Morgan fingerprint density at radius 3 is 2.74 bits per heavy atom. The van der Waals surface area contributed by atoms with Gasteiger partial charge in [-0.1, -0.05) is 12.1 Å². The number of aryl methyl sites for hydroxylation is 1. The third kappa shape index (κ3) is 4.51. The van der Waals surface area contributed by atoms with Gasteiger partial charge in [-0.2, -0.15) is 0 Å². The topological polar surface area (TPSA) is 24.5 Å². The van der Waals surface area contributed by atoms with Crippen molar-refractivity contribution in [3.63, 3.8) is 0 Å². The molecule has 3 nitrogen and oxygen atoms in total. The highest BCUT2D eigenvalue weighted by Gasteiger charge is 2.08. The van der Waals surface area contributed by atoms with Gasteiger partial charge in [0.2, 0.25) is 0 Å². The summed E-state index contributed by atoms with van der Waals surface area (Å²) in [6.07, 6.45) is 2.36. The highest BCUT2D eigenvalue weighted by Crippen LogP contribution is 2.20. The van der Waals surface area contributed by atoms with Crippen LogP contribution in [0.1, 0.15) is 24.0 Å². The molecule has 3 heteroatoms. The van der Waals surface area contributed by atoms with Gasteiger partial charge in [-0.3, -0.25) is 0 Å². The second-order valence-electron chi connectivity index (χ2n) is 5.35. The van der Waals surface area contributed by atoms with Crippen LogP contribution in [-0.4, -0.2) is 44.2 Å². The van der Waals surface area contributed by atoms with Crippen LogP contribution in [-0.2, 0) is 0 Å². The number of rotatable bonds is 6. The molecule has 0 saturated carbocycles. The predicted molar refractivity (Wildman–Crippen MR) is 80.0 cm³/mol. The normalized spacial score (nSPS) is 16.5. The van der Waals surface area contributed by atoms with E-state index in [1.165, 1.54) is 37.2 Å². The standard InChI is InChI=1S/C16H26N2O/c1-14-6-5-7-16(15(14)2)19-13-4-3-10-18-11-8-17-9-12-18/h5-7,17H,3-4,8-13H2,1-2H3. The summed E-state index contributed by atoms with van der Waals surface area (Å²) in [6.45, 7) is 11.0. The molecule has 0 aromatic heterocycles. The molecule has 19 heavy (non-hydrogen) atoms. The van der Waals surface area contributed by atoms with Crippen LogP contribution in [0, 0.1) is 13.8 Å². The number of ether oxygens (including phenoxy) is 1. The first-order valence-electron chi connectivity index (χ1n) is 7.39. The zero-order valence-electron chi connectivity index (χ0n) is 12.2. The Labute approximate surface area is 116 Å². The third-order valence-corrected chi connectivity index (χ3v) is 3.89. The molecule has 0 atom stereocenters. The lowest BCUT2D eigenvalue weighted by Gasteiger charge is -2.27. The largest absolute Gasteiger partial charge is 0.493 e. The average Bonchev–Trinajstić information content (AvgIpc) is 2.44. The van der Waals surface area contributed by atoms with Crippen LogP contribution in [0.2, 0.25) is 0 Å². The molecular formula is C16H26N2O. The van der Waals surface area contributed by atoms with Gasteiger partial charge in [-0.05, 0) is 50.4 Å². The maximum atomic E-state index is 5.88. The van der Waals surface area contributed by atoms with Gasteiger partial charge < -0.3 is 15.0 Å². The van der Waals surface area contributed by atoms with Crippen molar-refractivity contribution in [2.45, 2.75) is 26.7 Å². The van der Waals surface area contributed by atoms with Crippen LogP contribution in [0.15, 0.2) is 18.2 Å². The van der Waals surface area contributed by atoms with Crippen molar-refractivity contribution in [2.75, 3.05) is 39.3 Å². The molecule has 1 aromatic rings. The summed E-state index contributed by atoms with van der Waals surface area (Å²) in [7, 11) is 0. The van der Waals surface area contributed by atoms with Gasteiger partial charge in [0, 0.05) is 26.2 Å². The number of benzene rings is 1. The highest BCUT2D eigenvalue weighted by atomic mass is 16.5. The summed E-state index contributed by atoms with van der Waals surface area (Å²) in [5.74, 6) is 1.04. The molecule has 1 saturated heterocycles. The third-order valence-electron chi connectivity index (χ3n) is 3.89. The van der Waals surface area contributed by atoms with E-state index in [2.05, 4.69) is 42.3 Å². The van der Waals surface area contributed by atoms with Gasteiger partial charge in [0.15, 0.2) is 0 Å². The SMILES string of the molecule is Cc1cccc(OCCCCN2CCNCC2)c1C. The van der Waals surface area contributed by atoms with Gasteiger partial charge in [0.25, 0.3) is 0 Å². The van der Waals surface area contributed by atoms with E-state index < -0.39 is 0 Å². The van der Waals surface area contributed by atoms with Crippen molar-refractivity contribution in [2.24, 2.45) is 0 Å². The van der Waals surface area contributed by atoms with Crippen LogP contribution in [0.25, 0.3) is 0 Å². The molecule has 106 valence electrons. The van der Waals surface area contributed by atoms with E-state index in [9.17, 15) is 0 Å². The van der Waals surface area contributed by atoms with Crippen LogP contribution in [0.4, 0.5) is 0 Å².